The van der Waals surface area contributed by atoms with E-state index in [0.29, 0.717) is 5.69 Å². The zero-order valence-electron chi connectivity index (χ0n) is 21.7. The first-order valence-corrected chi connectivity index (χ1v) is 14.2. The monoisotopic (exact) mass is 494 g/mol. The molecule has 2 N–H and O–H groups in total. The lowest BCUT2D eigenvalue weighted by Crippen LogP contribution is -2.38. The standard InChI is InChI=1S/C19H24N4O3S.C4H10.C3H8.2H2/c1-12(2)17-9-10-23(21-17)27(25,26)22-19(24)20-18-15-7-3-5-13(15)11-14-6-4-8-16(14)18;1-3-4-2;1-3-2;;/h9-12H,3-8H2,1-2H3,(H2,20,22,24);3-4H2,1-2H3;3H2,1-2H3;2*1H. The summed E-state index contributed by atoms with van der Waals surface area (Å²) in [5.74, 6) is 0.102. The number of unbranched alkanes of at least 4 members (excludes halogenated alkanes) is 1. The highest BCUT2D eigenvalue weighted by atomic mass is 32.2. The molecule has 0 atom stereocenters. The molecule has 0 aliphatic heterocycles. The number of amides is 2. The predicted molar refractivity (Wildman–Crippen MR) is 144 cm³/mol. The minimum Gasteiger partial charge on any atom is -0.307 e. The van der Waals surface area contributed by atoms with Crippen molar-refractivity contribution in [2.45, 2.75) is 105 Å². The maximum atomic E-state index is 12.5. The van der Waals surface area contributed by atoms with E-state index in [9.17, 15) is 13.2 Å². The van der Waals surface area contributed by atoms with E-state index in [-0.39, 0.29) is 8.77 Å². The molecular formula is C26H46N4O3S. The molecule has 1 heterocycles. The van der Waals surface area contributed by atoms with Crippen LogP contribution in [0.15, 0.2) is 18.3 Å². The van der Waals surface area contributed by atoms with Crippen molar-refractivity contribution in [1.29, 1.82) is 0 Å². The van der Waals surface area contributed by atoms with Crippen LogP contribution in [0.3, 0.4) is 0 Å². The molecule has 1 aromatic heterocycles. The fraction of sp³-hybridized carbons (Fsp3) is 0.615. The maximum absolute atomic E-state index is 12.5. The van der Waals surface area contributed by atoms with Gasteiger partial charge in [-0.15, -0.1) is 4.09 Å². The van der Waals surface area contributed by atoms with Crippen molar-refractivity contribution in [3.63, 3.8) is 0 Å². The summed E-state index contributed by atoms with van der Waals surface area (Å²) in [7, 11) is -4.08. The Hall–Kier alpha value is -2.35. The van der Waals surface area contributed by atoms with Gasteiger partial charge in [0.2, 0.25) is 0 Å². The summed E-state index contributed by atoms with van der Waals surface area (Å²) >= 11 is 0. The summed E-state index contributed by atoms with van der Waals surface area (Å²) in [4.78, 5) is 12.5. The Labute approximate surface area is 208 Å². The van der Waals surface area contributed by atoms with Crippen LogP contribution in [-0.2, 0) is 35.9 Å². The Kier molecular flexibility index (Phi) is 10.6. The van der Waals surface area contributed by atoms with Crippen LogP contribution in [0.4, 0.5) is 10.5 Å². The molecule has 0 saturated carbocycles. The number of nitrogens with zero attached hydrogens (tertiary/aromatic N) is 2. The van der Waals surface area contributed by atoms with E-state index >= 15 is 0 Å². The quantitative estimate of drug-likeness (QED) is 0.489. The maximum Gasteiger partial charge on any atom is 0.346 e. The fourth-order valence-corrected chi connectivity index (χ4v) is 4.83. The normalized spacial score (nSPS) is 13.9. The van der Waals surface area contributed by atoms with E-state index in [1.165, 1.54) is 36.6 Å². The average Bonchev–Trinajstić information content (AvgIpc) is 3.54. The van der Waals surface area contributed by atoms with Crippen molar-refractivity contribution in [2.24, 2.45) is 0 Å². The van der Waals surface area contributed by atoms with Crippen LogP contribution in [0.25, 0.3) is 0 Å². The van der Waals surface area contributed by atoms with Gasteiger partial charge in [-0.2, -0.15) is 13.5 Å². The van der Waals surface area contributed by atoms with Crippen LogP contribution in [0.2, 0.25) is 0 Å². The Morgan fingerprint density at radius 3 is 2.00 bits per heavy atom. The van der Waals surface area contributed by atoms with E-state index in [0.717, 1.165) is 59.4 Å². The van der Waals surface area contributed by atoms with E-state index in [1.54, 1.807) is 6.07 Å². The largest absolute Gasteiger partial charge is 0.346 e. The Bertz CT molecular complexity index is 1040. The van der Waals surface area contributed by atoms with Gasteiger partial charge in [-0.05, 0) is 72.8 Å². The molecule has 0 bridgehead atoms. The van der Waals surface area contributed by atoms with Gasteiger partial charge in [-0.3, -0.25) is 0 Å². The molecule has 1 aromatic carbocycles. The smallest absolute Gasteiger partial charge is 0.307 e. The number of hydrogen-bond donors (Lipinski definition) is 2. The molecule has 0 spiro atoms. The van der Waals surface area contributed by atoms with Gasteiger partial charge in [-0.1, -0.05) is 66.9 Å². The van der Waals surface area contributed by atoms with Gasteiger partial charge >= 0.3 is 16.2 Å². The number of aromatic nitrogens is 2. The van der Waals surface area contributed by atoms with Crippen molar-refractivity contribution in [1.82, 2.24) is 13.9 Å². The van der Waals surface area contributed by atoms with Crippen molar-refractivity contribution in [3.8, 4) is 0 Å². The molecule has 2 amide bonds. The second kappa shape index (κ2) is 12.9. The van der Waals surface area contributed by atoms with Gasteiger partial charge in [0, 0.05) is 14.7 Å². The first-order chi connectivity index (χ1) is 16.2. The highest BCUT2D eigenvalue weighted by Gasteiger charge is 2.26. The van der Waals surface area contributed by atoms with E-state index < -0.39 is 16.2 Å². The number of nitrogens with one attached hydrogen (secondary N) is 2. The Morgan fingerprint density at radius 1 is 1.03 bits per heavy atom. The first kappa shape index (κ1) is 27.9. The van der Waals surface area contributed by atoms with Crippen molar-refractivity contribution >= 4 is 21.9 Å². The molecule has 8 heteroatoms. The molecule has 2 aromatic rings. The molecule has 0 fully saturated rings. The lowest BCUT2D eigenvalue weighted by molar-refractivity contribution is 0.256. The number of fused-ring (bicyclic) bond motifs is 2. The molecule has 4 rings (SSSR count). The number of carbonyl (C=O) groups excluding carboxylic acids is 1. The summed E-state index contributed by atoms with van der Waals surface area (Å²) in [5, 5.41) is 6.87. The Morgan fingerprint density at radius 2 is 1.56 bits per heavy atom. The molecule has 0 unspecified atom stereocenters. The van der Waals surface area contributed by atoms with E-state index in [1.807, 2.05) is 13.8 Å². The summed E-state index contributed by atoms with van der Waals surface area (Å²) in [5.41, 5.74) is 6.34. The lowest BCUT2D eigenvalue weighted by Gasteiger charge is -2.16. The molecule has 2 aliphatic carbocycles. The fourth-order valence-electron chi connectivity index (χ4n) is 4.03. The molecule has 7 nitrogen and oxygen atoms in total. The zero-order chi connectivity index (χ0) is 25.3. The van der Waals surface area contributed by atoms with Crippen LogP contribution < -0.4 is 10.0 Å². The number of benzene rings is 1. The van der Waals surface area contributed by atoms with Gasteiger partial charge in [0.15, 0.2) is 0 Å². The summed E-state index contributed by atoms with van der Waals surface area (Å²) < 4.78 is 27.8. The summed E-state index contributed by atoms with van der Waals surface area (Å²) in [6.07, 6.45) is 11.2. The molecule has 194 valence electrons. The summed E-state index contributed by atoms with van der Waals surface area (Å²) in [6.45, 7) is 12.5. The molecule has 2 aliphatic rings. The highest BCUT2D eigenvalue weighted by molar-refractivity contribution is 7.88. The number of anilines is 1. The predicted octanol–water partition coefficient (Wildman–Crippen LogP) is 6.61. The third kappa shape index (κ3) is 7.08. The van der Waals surface area contributed by atoms with Crippen molar-refractivity contribution < 1.29 is 16.1 Å². The van der Waals surface area contributed by atoms with Gasteiger partial charge in [0.05, 0.1) is 5.69 Å². The SMILES string of the molecule is CC(C)c1ccn(S(=O)(=O)NC(=O)Nc2c3c(cc4c2CCC4)CCC3)n1.CCC.CCCC.[HH].[HH]. The van der Waals surface area contributed by atoms with Gasteiger partial charge in [0.1, 0.15) is 0 Å². The van der Waals surface area contributed by atoms with Gasteiger partial charge in [-0.25, -0.2) is 9.52 Å². The van der Waals surface area contributed by atoms with Crippen molar-refractivity contribution in [2.75, 3.05) is 5.32 Å². The van der Waals surface area contributed by atoms with E-state index in [2.05, 4.69) is 48.9 Å². The third-order valence-corrected chi connectivity index (χ3v) is 7.00. The second-order valence-corrected chi connectivity index (χ2v) is 10.8. The second-order valence-electron chi connectivity index (χ2n) is 9.27. The number of urea groups is 1. The van der Waals surface area contributed by atoms with Gasteiger partial charge < -0.3 is 5.32 Å². The van der Waals surface area contributed by atoms with Crippen LogP contribution >= 0.6 is 0 Å². The average molecular weight is 495 g/mol. The van der Waals surface area contributed by atoms with Crippen LogP contribution in [0.5, 0.6) is 0 Å². The van der Waals surface area contributed by atoms with Crippen LogP contribution in [-0.4, -0.2) is 23.6 Å². The Balaban J connectivity index is 0.00000122. The molecule has 34 heavy (non-hydrogen) atoms. The number of hydrogen-bond acceptors (Lipinski definition) is 4. The molecular weight excluding hydrogens is 448 g/mol. The molecule has 0 saturated heterocycles. The lowest BCUT2D eigenvalue weighted by atomic mass is 9.99. The number of carbonyl (C=O) groups is 1. The van der Waals surface area contributed by atoms with Crippen molar-refractivity contribution in [3.05, 3.63) is 46.3 Å². The minimum atomic E-state index is -4.08. The third-order valence-electron chi connectivity index (χ3n) is 5.86. The van der Waals surface area contributed by atoms with Crippen LogP contribution in [0, 0.1) is 0 Å². The van der Waals surface area contributed by atoms with Gasteiger partial charge in [0.25, 0.3) is 0 Å². The number of aryl methyl sites for hydroxylation is 2. The number of rotatable bonds is 5. The topological polar surface area (TPSA) is 93.1 Å². The molecule has 0 radical (unpaired) electrons. The van der Waals surface area contributed by atoms with E-state index in [4.69, 9.17) is 0 Å². The zero-order valence-corrected chi connectivity index (χ0v) is 22.5. The minimum absolute atomic E-state index is 0. The first-order valence-electron chi connectivity index (χ1n) is 12.7. The summed E-state index contributed by atoms with van der Waals surface area (Å²) in [6, 6.07) is 3.16. The van der Waals surface area contributed by atoms with Crippen LogP contribution in [0.1, 0.15) is 110 Å². The highest BCUT2D eigenvalue weighted by Crippen LogP contribution is 2.38.